The van der Waals surface area contributed by atoms with Crippen molar-refractivity contribution in [2.45, 2.75) is 89.4 Å². The second-order valence-electron chi connectivity index (χ2n) is 18.3. The van der Waals surface area contributed by atoms with Crippen LogP contribution in [0.2, 0.25) is 0 Å². The van der Waals surface area contributed by atoms with Crippen molar-refractivity contribution in [1.29, 1.82) is 0 Å². The number of alkyl carbamates (subject to hydrolysis) is 1. The normalized spacial score (nSPS) is 17.9. The van der Waals surface area contributed by atoms with E-state index in [2.05, 4.69) is 79.9 Å². The number of hydrogen-bond donors (Lipinski definition) is 5. The highest BCUT2D eigenvalue weighted by Crippen LogP contribution is 2.40. The molecule has 0 saturated carbocycles. The molecule has 14 nitrogen and oxygen atoms in total. The van der Waals surface area contributed by atoms with Crippen molar-refractivity contribution in [2.75, 3.05) is 26.7 Å². The van der Waals surface area contributed by atoms with Crippen LogP contribution in [-0.2, 0) is 32.0 Å². The van der Waals surface area contributed by atoms with Crippen LogP contribution >= 0.6 is 0 Å². The first-order valence-electron chi connectivity index (χ1n) is 22.7. The van der Waals surface area contributed by atoms with Crippen LogP contribution in [0.15, 0.2) is 91.1 Å². The van der Waals surface area contributed by atoms with Gasteiger partial charge in [-0.2, -0.15) is 0 Å². The van der Waals surface area contributed by atoms with Gasteiger partial charge in [-0.25, -0.2) is 14.8 Å². The zero-order valence-corrected chi connectivity index (χ0v) is 37.3. The fourth-order valence-corrected chi connectivity index (χ4v) is 9.60. The maximum atomic E-state index is 14.2. The van der Waals surface area contributed by atoms with Crippen LogP contribution in [0.4, 0.5) is 4.79 Å². The fraction of sp³-hybridized carbons (Fsp3) is 0.373. The molecule has 0 spiro atoms. The van der Waals surface area contributed by atoms with Gasteiger partial charge in [-0.15, -0.1) is 0 Å². The predicted molar refractivity (Wildman–Crippen MR) is 247 cm³/mol. The van der Waals surface area contributed by atoms with E-state index in [0.717, 1.165) is 94.5 Å². The number of likely N-dealkylation sites (tertiary alicyclic amines) is 2. The van der Waals surface area contributed by atoms with Gasteiger partial charge in [0.1, 0.15) is 23.3 Å². The Morgan fingerprint density at radius 2 is 1.52 bits per heavy atom. The van der Waals surface area contributed by atoms with Crippen LogP contribution in [0.25, 0.3) is 44.4 Å². The van der Waals surface area contributed by atoms with E-state index in [4.69, 9.17) is 9.97 Å². The number of aromatic amines is 2. The number of benzene rings is 4. The van der Waals surface area contributed by atoms with Gasteiger partial charge in [-0.3, -0.25) is 14.4 Å². The number of methoxy groups -OCH3 is 1. The number of carbonyl (C=O) groups is 4. The van der Waals surface area contributed by atoms with Crippen LogP contribution in [0.1, 0.15) is 99.5 Å². The largest absolute Gasteiger partial charge is 0.453 e. The lowest BCUT2D eigenvalue weighted by Gasteiger charge is -2.30. The Hall–Kier alpha value is -6.80. The first kappa shape index (κ1) is 43.5. The molecule has 9 rings (SSSR count). The molecule has 1 aliphatic carbocycles. The van der Waals surface area contributed by atoms with Gasteiger partial charge in [0.25, 0.3) is 5.91 Å². The summed E-state index contributed by atoms with van der Waals surface area (Å²) in [5.74, 6) is 0.719. The van der Waals surface area contributed by atoms with Gasteiger partial charge in [-0.1, -0.05) is 79.7 Å². The summed E-state index contributed by atoms with van der Waals surface area (Å²) >= 11 is 0. The molecular formula is C51H56N8O6. The number of aromatic nitrogens is 4. The third-order valence-corrected chi connectivity index (χ3v) is 13.1. The third kappa shape index (κ3) is 8.99. The fourth-order valence-electron chi connectivity index (χ4n) is 9.60. The molecule has 2 aromatic heterocycles. The Labute approximate surface area is 378 Å². The summed E-state index contributed by atoms with van der Waals surface area (Å²) in [6.45, 7) is 6.36. The lowest BCUT2D eigenvalue weighted by molar-refractivity contribution is -0.143. The summed E-state index contributed by atoms with van der Waals surface area (Å²) in [5.41, 5.74) is 7.59. The highest BCUT2D eigenvalue weighted by atomic mass is 16.5. The SMILES string of the molecule is COC(=O)NCC(C)CC(=O)N1CCCC1c1nc2c([nH]1)-c1ccc(-c3ccc4cc(-c5cnc(C6CCCN6C(=O)C(NC(=O)C(C)(C)O)c6ccccc6)[nH]5)ccc4c3)cc1CC2. The molecule has 4 amide bonds. The van der Waals surface area contributed by atoms with Gasteiger partial charge in [0.05, 0.1) is 42.5 Å². The van der Waals surface area contributed by atoms with Crippen molar-refractivity contribution < 1.29 is 29.0 Å². The zero-order valence-electron chi connectivity index (χ0n) is 37.3. The second kappa shape index (κ2) is 18.0. The number of H-pyrrole nitrogens is 2. The Balaban J connectivity index is 0.885. The van der Waals surface area contributed by atoms with Gasteiger partial charge in [0.2, 0.25) is 11.8 Å². The molecule has 2 saturated heterocycles. The molecule has 4 heterocycles. The van der Waals surface area contributed by atoms with Crippen LogP contribution in [-0.4, -0.2) is 91.0 Å². The lowest BCUT2D eigenvalue weighted by Crippen LogP contribution is -2.48. The van der Waals surface area contributed by atoms with Crippen LogP contribution in [0, 0.1) is 5.92 Å². The average Bonchev–Trinajstić information content (AvgIpc) is 4.16. The van der Waals surface area contributed by atoms with E-state index in [9.17, 15) is 24.3 Å². The Bertz CT molecular complexity index is 2760. The van der Waals surface area contributed by atoms with Crippen molar-refractivity contribution in [3.05, 3.63) is 120 Å². The Morgan fingerprint density at radius 3 is 2.26 bits per heavy atom. The number of aryl methyl sites for hydroxylation is 2. The van der Waals surface area contributed by atoms with E-state index >= 15 is 0 Å². The van der Waals surface area contributed by atoms with Crippen molar-refractivity contribution >= 4 is 34.6 Å². The number of nitrogens with zero attached hydrogens (tertiary/aromatic N) is 4. The second-order valence-corrected chi connectivity index (χ2v) is 18.3. The van der Waals surface area contributed by atoms with Gasteiger partial charge in [0.15, 0.2) is 0 Å². The maximum absolute atomic E-state index is 14.2. The highest BCUT2D eigenvalue weighted by molar-refractivity contribution is 5.93. The van der Waals surface area contributed by atoms with Crippen LogP contribution in [0.5, 0.6) is 0 Å². The van der Waals surface area contributed by atoms with E-state index in [0.29, 0.717) is 37.4 Å². The number of fused-ring (bicyclic) bond motifs is 4. The van der Waals surface area contributed by atoms with Gasteiger partial charge in [-0.05, 0) is 103 Å². The smallest absolute Gasteiger partial charge is 0.406 e. The summed E-state index contributed by atoms with van der Waals surface area (Å²) in [6, 6.07) is 27.3. The molecule has 0 bridgehead atoms. The monoisotopic (exact) mass is 876 g/mol. The molecule has 4 unspecified atom stereocenters. The summed E-state index contributed by atoms with van der Waals surface area (Å²) in [6.07, 6.45) is 6.66. The number of aliphatic hydroxyl groups is 1. The summed E-state index contributed by atoms with van der Waals surface area (Å²) in [7, 11) is 1.33. The van der Waals surface area contributed by atoms with Crippen molar-refractivity contribution in [3.8, 4) is 33.6 Å². The molecule has 6 aromatic rings. The molecule has 14 heteroatoms. The molecule has 3 aliphatic rings. The first-order valence-corrected chi connectivity index (χ1v) is 22.7. The van der Waals surface area contributed by atoms with Crippen molar-refractivity contribution in [3.63, 3.8) is 0 Å². The Kier molecular flexibility index (Phi) is 12.0. The van der Waals surface area contributed by atoms with Gasteiger partial charge in [0, 0.05) is 37.2 Å². The number of amides is 4. The first-order chi connectivity index (χ1) is 31.3. The molecule has 2 aliphatic heterocycles. The number of rotatable bonds is 12. The highest BCUT2D eigenvalue weighted by Gasteiger charge is 2.39. The van der Waals surface area contributed by atoms with E-state index in [1.54, 1.807) is 4.90 Å². The number of carbonyl (C=O) groups excluding carboxylic acids is 4. The van der Waals surface area contributed by atoms with Crippen LogP contribution in [0.3, 0.4) is 0 Å². The molecule has 5 N–H and O–H groups in total. The Morgan fingerprint density at radius 1 is 0.846 bits per heavy atom. The van der Waals surface area contributed by atoms with Crippen LogP contribution < -0.4 is 10.6 Å². The van der Waals surface area contributed by atoms with Crippen molar-refractivity contribution in [2.24, 2.45) is 5.92 Å². The lowest BCUT2D eigenvalue weighted by atomic mass is 9.89. The third-order valence-electron chi connectivity index (χ3n) is 13.1. The number of hydrogen-bond acceptors (Lipinski definition) is 8. The molecule has 4 aromatic carbocycles. The molecular weight excluding hydrogens is 821 g/mol. The minimum absolute atomic E-state index is 0.0223. The van der Waals surface area contributed by atoms with Gasteiger partial charge >= 0.3 is 6.09 Å². The minimum Gasteiger partial charge on any atom is -0.453 e. The number of nitrogens with one attached hydrogen (secondary N) is 4. The summed E-state index contributed by atoms with van der Waals surface area (Å²) < 4.78 is 4.67. The van der Waals surface area contributed by atoms with Gasteiger partial charge < -0.3 is 40.2 Å². The topological polar surface area (TPSA) is 186 Å². The molecule has 4 atom stereocenters. The molecule has 336 valence electrons. The zero-order chi connectivity index (χ0) is 45.4. The summed E-state index contributed by atoms with van der Waals surface area (Å²) in [4.78, 5) is 72.7. The standard InChI is InChI=1S/C51H56N8O6/c1-30(28-53-50(63)65-4)24-43(60)58-22-8-13-42(58)47-54-39-21-19-36-26-35(18-20-38(36)45(39)56-47)32-14-15-34-27-37(17-16-33(34)25-32)40-29-52-46(55-40)41-12-9-23-59(41)48(61)44(31-10-6-5-7-11-31)57-49(62)51(2,3)64/h5-7,10-11,14-18,20,25-27,29-30,41-42,44,64H,8-9,12-13,19,21-24,28H2,1-4H3,(H,52,55)(H,53,63)(H,54,56)(H,57,62). The summed E-state index contributed by atoms with van der Waals surface area (Å²) in [5, 5.41) is 18.1. The molecule has 0 radical (unpaired) electrons. The van der Waals surface area contributed by atoms with E-state index in [1.165, 1.54) is 26.5 Å². The van der Waals surface area contributed by atoms with E-state index < -0.39 is 23.6 Å². The quantitative estimate of drug-likeness (QED) is 0.0827. The number of ether oxygens (including phenoxy) is 1. The average molecular weight is 877 g/mol. The molecule has 2 fully saturated rings. The van der Waals surface area contributed by atoms with E-state index in [-0.39, 0.29) is 29.8 Å². The van der Waals surface area contributed by atoms with E-state index in [1.807, 2.05) is 48.4 Å². The number of imidazole rings is 2. The minimum atomic E-state index is -1.65. The maximum Gasteiger partial charge on any atom is 0.406 e. The predicted octanol–water partition coefficient (Wildman–Crippen LogP) is 7.72. The van der Waals surface area contributed by atoms with Crippen molar-refractivity contribution in [1.82, 2.24) is 40.4 Å². The molecule has 65 heavy (non-hydrogen) atoms.